The molecule has 0 radical (unpaired) electrons. The van der Waals surface area contributed by atoms with Crippen LogP contribution in [0.4, 0.5) is 0 Å². The number of carboxylic acids is 1. The fourth-order valence-electron chi connectivity index (χ4n) is 1.86. The highest BCUT2D eigenvalue weighted by Gasteiger charge is 2.14. The van der Waals surface area contributed by atoms with Crippen LogP contribution in [0.25, 0.3) is 0 Å². The minimum absolute atomic E-state index is 0.230. The number of aromatic carboxylic acids is 1. The van der Waals surface area contributed by atoms with Gasteiger partial charge in [-0.1, -0.05) is 23.9 Å². The maximum Gasteiger partial charge on any atom is 0.336 e. The summed E-state index contributed by atoms with van der Waals surface area (Å²) in [6.45, 7) is 3.63. The zero-order valence-electron chi connectivity index (χ0n) is 11.0. The van der Waals surface area contributed by atoms with Gasteiger partial charge < -0.3 is 5.11 Å². The van der Waals surface area contributed by atoms with Crippen LogP contribution >= 0.6 is 11.8 Å². The predicted octanol–water partition coefficient (Wildman–Crippen LogP) is 3.42. The highest BCUT2D eigenvalue weighted by atomic mass is 32.2. The van der Waals surface area contributed by atoms with Gasteiger partial charge in [-0.2, -0.15) is 5.26 Å². The summed E-state index contributed by atoms with van der Waals surface area (Å²) in [4.78, 5) is 16.8. The van der Waals surface area contributed by atoms with E-state index in [1.54, 1.807) is 37.3 Å². The van der Waals surface area contributed by atoms with Gasteiger partial charge in [-0.15, -0.1) is 0 Å². The highest BCUT2D eigenvalue weighted by Crippen LogP contribution is 2.33. The minimum atomic E-state index is -0.978. The minimum Gasteiger partial charge on any atom is -0.478 e. The monoisotopic (exact) mass is 284 g/mol. The van der Waals surface area contributed by atoms with E-state index in [2.05, 4.69) is 11.1 Å². The van der Waals surface area contributed by atoms with Crippen LogP contribution in [0.5, 0.6) is 0 Å². The topological polar surface area (TPSA) is 74.0 Å². The number of benzene rings is 1. The molecule has 0 fully saturated rings. The molecule has 1 aromatic heterocycles. The first kappa shape index (κ1) is 14.1. The van der Waals surface area contributed by atoms with Gasteiger partial charge in [0.05, 0.1) is 16.8 Å². The molecule has 0 atom stereocenters. The average molecular weight is 284 g/mol. The van der Waals surface area contributed by atoms with Crippen molar-refractivity contribution >= 4 is 17.7 Å². The number of aromatic nitrogens is 1. The summed E-state index contributed by atoms with van der Waals surface area (Å²) in [5.74, 6) is -0.978. The predicted molar refractivity (Wildman–Crippen MR) is 76.0 cm³/mol. The second-order valence-electron chi connectivity index (χ2n) is 4.24. The zero-order valence-corrected chi connectivity index (χ0v) is 11.9. The fourth-order valence-corrected chi connectivity index (χ4v) is 3.03. The van der Waals surface area contributed by atoms with E-state index in [4.69, 9.17) is 0 Å². The number of aryl methyl sites for hydroxylation is 2. The molecule has 1 N–H and O–H groups in total. The molecular weight excluding hydrogens is 272 g/mol. The number of rotatable bonds is 3. The standard InChI is InChI=1S/C15H12N2O2S/c1-9-7-14(12(8-16)10(2)17-9)20-13-6-4-3-5-11(13)15(18)19/h3-7H,1-2H3,(H,18,19). The summed E-state index contributed by atoms with van der Waals surface area (Å²) < 4.78 is 0. The summed E-state index contributed by atoms with van der Waals surface area (Å²) in [5.41, 5.74) is 2.17. The molecule has 0 aliphatic heterocycles. The van der Waals surface area contributed by atoms with Crippen molar-refractivity contribution in [1.29, 1.82) is 5.26 Å². The number of pyridine rings is 1. The van der Waals surface area contributed by atoms with E-state index in [0.29, 0.717) is 16.2 Å². The molecule has 2 rings (SSSR count). The molecule has 0 aliphatic rings. The third kappa shape index (κ3) is 2.81. The van der Waals surface area contributed by atoms with Crippen molar-refractivity contribution in [3.8, 4) is 6.07 Å². The molecule has 0 aliphatic carbocycles. The molecule has 0 bridgehead atoms. The lowest BCUT2D eigenvalue weighted by molar-refractivity contribution is 0.0693. The second-order valence-corrected chi connectivity index (χ2v) is 5.32. The van der Waals surface area contributed by atoms with Crippen molar-refractivity contribution in [1.82, 2.24) is 4.98 Å². The maximum absolute atomic E-state index is 11.2. The SMILES string of the molecule is Cc1cc(Sc2ccccc2C(=O)O)c(C#N)c(C)n1. The molecule has 4 nitrogen and oxygen atoms in total. The molecule has 0 spiro atoms. The quantitative estimate of drug-likeness (QED) is 0.934. The van der Waals surface area contributed by atoms with Crippen molar-refractivity contribution in [2.75, 3.05) is 0 Å². The lowest BCUT2D eigenvalue weighted by Crippen LogP contribution is -1.99. The molecule has 0 saturated carbocycles. The number of nitrogens with zero attached hydrogens (tertiary/aromatic N) is 2. The number of carbonyl (C=O) groups is 1. The molecule has 5 heteroatoms. The van der Waals surface area contributed by atoms with Crippen LogP contribution in [0, 0.1) is 25.2 Å². The Morgan fingerprint density at radius 3 is 2.65 bits per heavy atom. The Morgan fingerprint density at radius 2 is 2.00 bits per heavy atom. The van der Waals surface area contributed by atoms with Crippen molar-refractivity contribution in [3.63, 3.8) is 0 Å². The molecule has 100 valence electrons. The van der Waals surface area contributed by atoms with E-state index in [1.165, 1.54) is 11.8 Å². The van der Waals surface area contributed by atoms with Crippen molar-refractivity contribution < 1.29 is 9.90 Å². The van der Waals surface area contributed by atoms with E-state index in [9.17, 15) is 15.2 Å². The smallest absolute Gasteiger partial charge is 0.336 e. The summed E-state index contributed by atoms with van der Waals surface area (Å²) in [7, 11) is 0. The summed E-state index contributed by atoms with van der Waals surface area (Å²) in [6, 6.07) is 10.7. The van der Waals surface area contributed by atoms with Gasteiger partial charge in [0, 0.05) is 15.5 Å². The van der Waals surface area contributed by atoms with E-state index < -0.39 is 5.97 Å². The van der Waals surface area contributed by atoms with Crippen LogP contribution in [-0.4, -0.2) is 16.1 Å². The number of nitriles is 1. The summed E-state index contributed by atoms with van der Waals surface area (Å²) in [6.07, 6.45) is 0. The number of hydrogen-bond acceptors (Lipinski definition) is 4. The Balaban J connectivity index is 2.51. The van der Waals surface area contributed by atoms with Gasteiger partial charge >= 0.3 is 5.97 Å². The third-order valence-corrected chi connectivity index (χ3v) is 3.86. The second kappa shape index (κ2) is 5.76. The van der Waals surface area contributed by atoms with Crippen LogP contribution in [0.3, 0.4) is 0 Å². The van der Waals surface area contributed by atoms with E-state index >= 15 is 0 Å². The first-order valence-electron chi connectivity index (χ1n) is 5.91. The van der Waals surface area contributed by atoms with Gasteiger partial charge in [0.2, 0.25) is 0 Å². The third-order valence-electron chi connectivity index (χ3n) is 2.74. The summed E-state index contributed by atoms with van der Waals surface area (Å²) in [5, 5.41) is 18.4. The Labute approximate surface area is 121 Å². The first-order valence-corrected chi connectivity index (χ1v) is 6.73. The summed E-state index contributed by atoms with van der Waals surface area (Å²) >= 11 is 1.28. The van der Waals surface area contributed by atoms with Crippen LogP contribution in [0.2, 0.25) is 0 Å². The molecule has 1 aromatic carbocycles. The van der Waals surface area contributed by atoms with Gasteiger partial charge in [-0.25, -0.2) is 4.79 Å². The van der Waals surface area contributed by atoms with Gasteiger partial charge in [-0.3, -0.25) is 4.98 Å². The van der Waals surface area contributed by atoms with Crippen LogP contribution in [0.15, 0.2) is 40.1 Å². The van der Waals surface area contributed by atoms with Crippen LogP contribution in [-0.2, 0) is 0 Å². The van der Waals surface area contributed by atoms with Crippen molar-refractivity contribution in [2.24, 2.45) is 0 Å². The molecular formula is C15H12N2O2S. The number of hydrogen-bond donors (Lipinski definition) is 1. The van der Waals surface area contributed by atoms with Gasteiger partial charge in [0.15, 0.2) is 0 Å². The van der Waals surface area contributed by atoms with Crippen molar-refractivity contribution in [3.05, 3.63) is 52.8 Å². The Morgan fingerprint density at radius 1 is 1.30 bits per heavy atom. The molecule has 0 saturated heterocycles. The Hall–Kier alpha value is -2.32. The van der Waals surface area contributed by atoms with Crippen molar-refractivity contribution in [2.45, 2.75) is 23.6 Å². The lowest BCUT2D eigenvalue weighted by atomic mass is 10.2. The van der Waals surface area contributed by atoms with E-state index in [1.807, 2.05) is 6.92 Å². The zero-order chi connectivity index (χ0) is 14.7. The molecule has 2 aromatic rings. The van der Waals surface area contributed by atoms with E-state index in [-0.39, 0.29) is 5.56 Å². The van der Waals surface area contributed by atoms with Crippen LogP contribution < -0.4 is 0 Å². The Bertz CT molecular complexity index is 720. The molecule has 0 amide bonds. The van der Waals surface area contributed by atoms with E-state index in [0.717, 1.165) is 10.6 Å². The first-order chi connectivity index (χ1) is 9.52. The maximum atomic E-state index is 11.2. The normalized spacial score (nSPS) is 10.1. The van der Waals surface area contributed by atoms with Gasteiger partial charge in [0.1, 0.15) is 6.07 Å². The average Bonchev–Trinajstić information content (AvgIpc) is 2.38. The largest absolute Gasteiger partial charge is 0.478 e. The van der Waals surface area contributed by atoms with Crippen LogP contribution in [0.1, 0.15) is 27.3 Å². The van der Waals surface area contributed by atoms with Gasteiger partial charge in [0.25, 0.3) is 0 Å². The Kier molecular flexibility index (Phi) is 4.06. The molecule has 1 heterocycles. The lowest BCUT2D eigenvalue weighted by Gasteiger charge is -2.09. The molecule has 20 heavy (non-hydrogen) atoms. The highest BCUT2D eigenvalue weighted by molar-refractivity contribution is 7.99. The van der Waals surface area contributed by atoms with Gasteiger partial charge in [-0.05, 0) is 32.0 Å². The molecule has 0 unspecified atom stereocenters. The fraction of sp³-hybridized carbons (Fsp3) is 0.133. The number of carboxylic acid groups (broad SMARTS) is 1.